The molecule has 1 aromatic heterocycles. The summed E-state index contributed by atoms with van der Waals surface area (Å²) in [7, 11) is 0. The lowest BCUT2D eigenvalue weighted by molar-refractivity contribution is -0.292. The zero-order valence-electron chi connectivity index (χ0n) is 8.73. The predicted molar refractivity (Wildman–Crippen MR) is 52.6 cm³/mol. The molecule has 0 fully saturated rings. The van der Waals surface area contributed by atoms with Gasteiger partial charge < -0.3 is 0 Å². The number of nitrogens with zero attached hydrogens (tertiary/aromatic N) is 3. The number of aryl methyl sites for hydroxylation is 1. The summed E-state index contributed by atoms with van der Waals surface area (Å²) in [5.41, 5.74) is -1.25. The zero-order valence-corrected chi connectivity index (χ0v) is 10.3. The highest BCUT2D eigenvalue weighted by Crippen LogP contribution is 2.45. The molecular formula is C8H9BrF5N3. The van der Waals surface area contributed by atoms with E-state index in [0.29, 0.717) is 17.5 Å². The van der Waals surface area contributed by atoms with E-state index in [4.69, 9.17) is 0 Å². The minimum absolute atomic E-state index is 0.0316. The quantitative estimate of drug-likeness (QED) is 0.795. The van der Waals surface area contributed by atoms with Crippen LogP contribution in [0.2, 0.25) is 0 Å². The van der Waals surface area contributed by atoms with E-state index in [1.165, 1.54) is 0 Å². The molecule has 17 heavy (non-hydrogen) atoms. The first kappa shape index (κ1) is 14.3. The molecule has 0 aliphatic heterocycles. The largest absolute Gasteiger partial charge is 0.459 e. The average Bonchev–Trinajstić information content (AvgIpc) is 2.55. The molecule has 98 valence electrons. The molecule has 0 aliphatic rings. The molecule has 0 bridgehead atoms. The standard InChI is InChI=1S/C8H9BrF5N3/c1-2-3-4-17-5(6(9)15-16-17)7(10,11)8(12,13)14/h2-4H2,1H3. The molecule has 0 radical (unpaired) electrons. The number of halogens is 6. The third kappa shape index (κ3) is 2.75. The first-order valence-corrected chi connectivity index (χ1v) is 5.55. The molecule has 0 N–H and O–H groups in total. The molecule has 1 aromatic rings. The van der Waals surface area contributed by atoms with Crippen molar-refractivity contribution in [2.45, 2.75) is 38.4 Å². The van der Waals surface area contributed by atoms with Crippen molar-refractivity contribution in [3.63, 3.8) is 0 Å². The highest BCUT2D eigenvalue weighted by molar-refractivity contribution is 9.10. The van der Waals surface area contributed by atoms with E-state index < -0.39 is 22.4 Å². The molecule has 0 aliphatic carbocycles. The number of hydrogen-bond acceptors (Lipinski definition) is 2. The number of hydrogen-bond donors (Lipinski definition) is 0. The molecule has 0 aromatic carbocycles. The van der Waals surface area contributed by atoms with E-state index in [1.807, 2.05) is 0 Å². The fourth-order valence-electron chi connectivity index (χ4n) is 1.18. The summed E-state index contributed by atoms with van der Waals surface area (Å²) in [6, 6.07) is 0. The molecule has 9 heteroatoms. The highest BCUT2D eigenvalue weighted by Gasteiger charge is 2.62. The van der Waals surface area contributed by atoms with Gasteiger partial charge in [-0.3, -0.25) is 0 Å². The second-order valence-corrected chi connectivity index (χ2v) is 4.13. The van der Waals surface area contributed by atoms with Crippen LogP contribution in [0.1, 0.15) is 25.5 Å². The van der Waals surface area contributed by atoms with Gasteiger partial charge in [0.25, 0.3) is 0 Å². The Balaban J connectivity index is 3.16. The highest BCUT2D eigenvalue weighted by atomic mass is 79.9. The Morgan fingerprint density at radius 1 is 1.24 bits per heavy atom. The van der Waals surface area contributed by atoms with Crippen LogP contribution >= 0.6 is 15.9 Å². The Morgan fingerprint density at radius 2 is 1.82 bits per heavy atom. The van der Waals surface area contributed by atoms with Gasteiger partial charge in [-0.15, -0.1) is 5.10 Å². The van der Waals surface area contributed by atoms with Gasteiger partial charge in [0, 0.05) is 6.54 Å². The van der Waals surface area contributed by atoms with Crippen LogP contribution in [0, 0.1) is 0 Å². The van der Waals surface area contributed by atoms with Gasteiger partial charge in [0.1, 0.15) is 0 Å². The van der Waals surface area contributed by atoms with Gasteiger partial charge >= 0.3 is 12.1 Å². The van der Waals surface area contributed by atoms with Crippen molar-refractivity contribution >= 4 is 15.9 Å². The van der Waals surface area contributed by atoms with Crippen LogP contribution in [0.3, 0.4) is 0 Å². The number of unbranched alkanes of at least 4 members (excludes halogenated alkanes) is 1. The topological polar surface area (TPSA) is 30.7 Å². The molecule has 0 saturated heterocycles. The molecule has 3 nitrogen and oxygen atoms in total. The monoisotopic (exact) mass is 321 g/mol. The van der Waals surface area contributed by atoms with Gasteiger partial charge in [0.05, 0.1) is 0 Å². The summed E-state index contributed by atoms with van der Waals surface area (Å²) >= 11 is 2.56. The van der Waals surface area contributed by atoms with Crippen LogP contribution in [0.25, 0.3) is 0 Å². The van der Waals surface area contributed by atoms with Gasteiger partial charge in [-0.2, -0.15) is 22.0 Å². The lowest BCUT2D eigenvalue weighted by atomic mass is 10.2. The minimum atomic E-state index is -5.67. The lowest BCUT2D eigenvalue weighted by Gasteiger charge is -2.20. The van der Waals surface area contributed by atoms with Crippen molar-refractivity contribution in [2.75, 3.05) is 0 Å². The maximum Gasteiger partial charge on any atom is 0.459 e. The van der Waals surface area contributed by atoms with E-state index in [2.05, 4.69) is 26.2 Å². The predicted octanol–water partition coefficient (Wildman–Crippen LogP) is 3.49. The first-order valence-electron chi connectivity index (χ1n) is 4.75. The summed E-state index contributed by atoms with van der Waals surface area (Å²) in [5, 5.41) is 6.47. The van der Waals surface area contributed by atoms with Crippen molar-refractivity contribution in [1.29, 1.82) is 0 Å². The Hall–Kier alpha value is -0.730. The molecule has 0 amide bonds. The molecule has 0 unspecified atom stereocenters. The van der Waals surface area contributed by atoms with E-state index in [9.17, 15) is 22.0 Å². The second kappa shape index (κ2) is 4.87. The van der Waals surface area contributed by atoms with Gasteiger partial charge in [-0.25, -0.2) is 4.68 Å². The van der Waals surface area contributed by atoms with Gasteiger partial charge in [-0.1, -0.05) is 18.6 Å². The van der Waals surface area contributed by atoms with Crippen molar-refractivity contribution in [3.05, 3.63) is 10.3 Å². The third-order valence-corrected chi connectivity index (χ3v) is 2.61. The molecular weight excluding hydrogens is 313 g/mol. The zero-order chi connectivity index (χ0) is 13.3. The number of alkyl halides is 5. The second-order valence-electron chi connectivity index (χ2n) is 3.38. The first-order chi connectivity index (χ1) is 7.71. The van der Waals surface area contributed by atoms with Crippen molar-refractivity contribution in [2.24, 2.45) is 0 Å². The van der Waals surface area contributed by atoms with Crippen LogP contribution < -0.4 is 0 Å². The van der Waals surface area contributed by atoms with Gasteiger partial charge in [0.15, 0.2) is 10.3 Å². The third-order valence-electron chi connectivity index (χ3n) is 2.07. The van der Waals surface area contributed by atoms with Crippen LogP contribution in [0.5, 0.6) is 0 Å². The fourth-order valence-corrected chi connectivity index (χ4v) is 1.71. The van der Waals surface area contributed by atoms with Gasteiger partial charge in [0.2, 0.25) is 0 Å². The smallest absolute Gasteiger partial charge is 0.242 e. The number of rotatable bonds is 4. The molecule has 1 heterocycles. The van der Waals surface area contributed by atoms with Crippen LogP contribution in [0.15, 0.2) is 4.60 Å². The van der Waals surface area contributed by atoms with Crippen molar-refractivity contribution < 1.29 is 22.0 Å². The average molecular weight is 322 g/mol. The molecule has 0 spiro atoms. The SMILES string of the molecule is CCCCn1nnc(Br)c1C(F)(F)C(F)(F)F. The summed E-state index contributed by atoms with van der Waals surface area (Å²) in [6.07, 6.45) is -4.58. The van der Waals surface area contributed by atoms with Crippen molar-refractivity contribution in [1.82, 2.24) is 15.0 Å². The van der Waals surface area contributed by atoms with Crippen molar-refractivity contribution in [3.8, 4) is 0 Å². The number of aromatic nitrogens is 3. The van der Waals surface area contributed by atoms with Crippen LogP contribution in [0.4, 0.5) is 22.0 Å². The minimum Gasteiger partial charge on any atom is -0.242 e. The summed E-state index contributed by atoms with van der Waals surface area (Å²) in [4.78, 5) is 0. The summed E-state index contributed by atoms with van der Waals surface area (Å²) < 4.78 is 63.1. The Labute approximate surface area is 102 Å². The fraction of sp³-hybridized carbons (Fsp3) is 0.750. The van der Waals surface area contributed by atoms with E-state index in [0.717, 1.165) is 0 Å². The van der Waals surface area contributed by atoms with E-state index in [-0.39, 0.29) is 6.54 Å². The Kier molecular flexibility index (Phi) is 4.11. The normalized spacial score (nSPS) is 13.1. The Morgan fingerprint density at radius 3 is 2.29 bits per heavy atom. The lowest BCUT2D eigenvalue weighted by Crippen LogP contribution is -2.36. The van der Waals surface area contributed by atoms with E-state index >= 15 is 0 Å². The van der Waals surface area contributed by atoms with Crippen LogP contribution in [-0.2, 0) is 12.5 Å². The van der Waals surface area contributed by atoms with E-state index in [1.54, 1.807) is 6.92 Å². The molecule has 0 saturated carbocycles. The molecule has 0 atom stereocenters. The maximum atomic E-state index is 13.2. The molecule has 1 rings (SSSR count). The maximum absolute atomic E-state index is 13.2. The van der Waals surface area contributed by atoms with Crippen LogP contribution in [-0.4, -0.2) is 21.2 Å². The Bertz CT molecular complexity index is 387. The summed E-state index contributed by atoms with van der Waals surface area (Å²) in [6.45, 7) is 1.75. The summed E-state index contributed by atoms with van der Waals surface area (Å²) in [5.74, 6) is -4.97. The van der Waals surface area contributed by atoms with Gasteiger partial charge in [-0.05, 0) is 22.4 Å².